The van der Waals surface area contributed by atoms with E-state index in [1.807, 2.05) is 12.1 Å². The van der Waals surface area contributed by atoms with Crippen LogP contribution < -0.4 is 0 Å². The van der Waals surface area contributed by atoms with Gasteiger partial charge in [-0.25, -0.2) is 4.39 Å². The second-order valence-electron chi connectivity index (χ2n) is 6.62. The predicted octanol–water partition coefficient (Wildman–Crippen LogP) is 2.86. The summed E-state index contributed by atoms with van der Waals surface area (Å²) < 4.78 is 13.3. The molecule has 2 amide bonds. The van der Waals surface area contributed by atoms with E-state index in [0.29, 0.717) is 43.1 Å². The van der Waals surface area contributed by atoms with Gasteiger partial charge in [0.05, 0.1) is 10.7 Å². The highest BCUT2D eigenvalue weighted by molar-refractivity contribution is 6.31. The molecule has 7 nitrogen and oxygen atoms in total. The van der Waals surface area contributed by atoms with Crippen molar-refractivity contribution in [2.75, 3.05) is 26.2 Å². The minimum atomic E-state index is -0.565. The number of pyridine rings is 1. The van der Waals surface area contributed by atoms with Gasteiger partial charge in [-0.2, -0.15) is 5.10 Å². The summed E-state index contributed by atoms with van der Waals surface area (Å²) in [5.41, 5.74) is 2.25. The summed E-state index contributed by atoms with van der Waals surface area (Å²) in [7, 11) is 0. The number of piperazine rings is 1. The quantitative estimate of drug-likeness (QED) is 0.715. The van der Waals surface area contributed by atoms with Crippen LogP contribution in [0.25, 0.3) is 11.3 Å². The third-order valence-corrected chi connectivity index (χ3v) is 5.09. The molecule has 9 heteroatoms. The fraction of sp³-hybridized carbons (Fsp3) is 0.200. The van der Waals surface area contributed by atoms with Crippen molar-refractivity contribution in [3.63, 3.8) is 0 Å². The zero-order chi connectivity index (χ0) is 20.4. The Labute approximate surface area is 171 Å². The SMILES string of the molecule is O=C(c1ccc(F)c(Cl)c1)N1CCN(C(=O)c2cc(-c3ccncc3)n[nH]2)CC1. The Bertz CT molecular complexity index is 1050. The van der Waals surface area contributed by atoms with Crippen LogP contribution in [0.3, 0.4) is 0 Å². The highest BCUT2D eigenvalue weighted by Crippen LogP contribution is 2.20. The molecule has 0 radical (unpaired) electrons. The van der Waals surface area contributed by atoms with Crippen molar-refractivity contribution in [1.82, 2.24) is 25.0 Å². The molecule has 4 rings (SSSR count). The first-order chi connectivity index (χ1) is 14.0. The van der Waals surface area contributed by atoms with Gasteiger partial charge in [0.2, 0.25) is 0 Å². The van der Waals surface area contributed by atoms with Gasteiger partial charge in [0.15, 0.2) is 0 Å². The van der Waals surface area contributed by atoms with E-state index >= 15 is 0 Å². The van der Waals surface area contributed by atoms with E-state index in [4.69, 9.17) is 11.6 Å². The summed E-state index contributed by atoms with van der Waals surface area (Å²) in [4.78, 5) is 32.6. The molecule has 1 aliphatic rings. The molecular formula is C20H17ClFN5O2. The molecule has 3 heterocycles. The van der Waals surface area contributed by atoms with E-state index in [2.05, 4.69) is 15.2 Å². The molecule has 148 valence electrons. The average molecular weight is 414 g/mol. The molecule has 1 saturated heterocycles. The molecule has 0 atom stereocenters. The summed E-state index contributed by atoms with van der Waals surface area (Å²) in [5, 5.41) is 6.88. The van der Waals surface area contributed by atoms with Crippen molar-refractivity contribution in [1.29, 1.82) is 0 Å². The minimum absolute atomic E-state index is 0.0890. The van der Waals surface area contributed by atoms with Crippen LogP contribution in [-0.2, 0) is 0 Å². The van der Waals surface area contributed by atoms with Gasteiger partial charge in [-0.05, 0) is 36.4 Å². The van der Waals surface area contributed by atoms with E-state index < -0.39 is 5.82 Å². The number of nitrogens with zero attached hydrogens (tertiary/aromatic N) is 4. The lowest BCUT2D eigenvalue weighted by molar-refractivity contribution is 0.0532. The van der Waals surface area contributed by atoms with E-state index in [-0.39, 0.29) is 16.8 Å². The zero-order valence-electron chi connectivity index (χ0n) is 15.3. The Morgan fingerprint density at radius 3 is 2.28 bits per heavy atom. The third kappa shape index (κ3) is 3.97. The maximum absolute atomic E-state index is 13.3. The molecule has 0 bridgehead atoms. The number of hydrogen-bond donors (Lipinski definition) is 1. The van der Waals surface area contributed by atoms with Crippen molar-refractivity contribution in [3.8, 4) is 11.3 Å². The van der Waals surface area contributed by atoms with Crippen molar-refractivity contribution >= 4 is 23.4 Å². The maximum atomic E-state index is 13.3. The highest BCUT2D eigenvalue weighted by atomic mass is 35.5. The Kier molecular flexibility index (Phi) is 5.26. The molecule has 3 aromatic rings. The molecule has 0 unspecified atom stereocenters. The normalized spacial score (nSPS) is 14.1. The lowest BCUT2D eigenvalue weighted by Crippen LogP contribution is -2.50. The molecule has 1 N–H and O–H groups in total. The van der Waals surface area contributed by atoms with Crippen LogP contribution in [0.1, 0.15) is 20.8 Å². The molecule has 1 aliphatic heterocycles. The zero-order valence-corrected chi connectivity index (χ0v) is 16.1. The standard InChI is InChI=1S/C20H17ClFN5O2/c21-15-11-14(1-2-16(15)22)19(28)26-7-9-27(10-8-26)20(29)18-12-17(24-25-18)13-3-5-23-6-4-13/h1-6,11-12H,7-10H2,(H,24,25). The molecular weight excluding hydrogens is 397 g/mol. The van der Waals surface area contributed by atoms with Gasteiger partial charge >= 0.3 is 0 Å². The van der Waals surface area contributed by atoms with E-state index in [9.17, 15) is 14.0 Å². The van der Waals surface area contributed by atoms with Crippen LogP contribution in [-0.4, -0.2) is 63.0 Å². The number of carbonyl (C=O) groups excluding carboxylic acids is 2. The fourth-order valence-corrected chi connectivity index (χ4v) is 3.38. The topological polar surface area (TPSA) is 82.2 Å². The largest absolute Gasteiger partial charge is 0.335 e. The molecule has 2 aromatic heterocycles. The van der Waals surface area contributed by atoms with Crippen molar-refractivity contribution in [3.05, 3.63) is 70.9 Å². The summed E-state index contributed by atoms with van der Waals surface area (Å²) in [6.45, 7) is 1.54. The van der Waals surface area contributed by atoms with Crippen LogP contribution in [0.4, 0.5) is 4.39 Å². The monoisotopic (exact) mass is 413 g/mol. The number of aromatic amines is 1. The van der Waals surface area contributed by atoms with Crippen LogP contribution in [0.2, 0.25) is 5.02 Å². The lowest BCUT2D eigenvalue weighted by Gasteiger charge is -2.34. The van der Waals surface area contributed by atoms with Crippen molar-refractivity contribution < 1.29 is 14.0 Å². The Morgan fingerprint density at radius 2 is 1.62 bits per heavy atom. The maximum Gasteiger partial charge on any atom is 0.272 e. The first kappa shape index (κ1) is 19.1. The molecule has 1 fully saturated rings. The van der Waals surface area contributed by atoms with Crippen LogP contribution >= 0.6 is 11.6 Å². The van der Waals surface area contributed by atoms with Crippen LogP contribution in [0.15, 0.2) is 48.8 Å². The van der Waals surface area contributed by atoms with Gasteiger partial charge in [-0.15, -0.1) is 0 Å². The summed E-state index contributed by atoms with van der Waals surface area (Å²) in [6.07, 6.45) is 3.33. The van der Waals surface area contributed by atoms with E-state index in [0.717, 1.165) is 5.56 Å². The van der Waals surface area contributed by atoms with Gasteiger partial charge in [0, 0.05) is 49.7 Å². The second-order valence-corrected chi connectivity index (χ2v) is 7.02. The van der Waals surface area contributed by atoms with Gasteiger partial charge < -0.3 is 9.80 Å². The number of halogens is 2. The molecule has 1 aromatic carbocycles. The number of carbonyl (C=O) groups is 2. The van der Waals surface area contributed by atoms with Crippen molar-refractivity contribution in [2.24, 2.45) is 0 Å². The molecule has 0 saturated carbocycles. The Balaban J connectivity index is 1.39. The molecule has 0 aliphatic carbocycles. The van der Waals surface area contributed by atoms with Crippen LogP contribution in [0.5, 0.6) is 0 Å². The number of nitrogens with one attached hydrogen (secondary N) is 1. The van der Waals surface area contributed by atoms with Crippen LogP contribution in [0, 0.1) is 5.82 Å². The van der Waals surface area contributed by atoms with Gasteiger partial charge in [0.25, 0.3) is 11.8 Å². The van der Waals surface area contributed by atoms with E-state index in [1.54, 1.807) is 28.3 Å². The summed E-state index contributed by atoms with van der Waals surface area (Å²) >= 11 is 5.76. The fourth-order valence-electron chi connectivity index (χ4n) is 3.20. The predicted molar refractivity (Wildman–Crippen MR) is 105 cm³/mol. The lowest BCUT2D eigenvalue weighted by atomic mass is 10.1. The number of aromatic nitrogens is 3. The number of rotatable bonds is 3. The summed E-state index contributed by atoms with van der Waals surface area (Å²) in [6, 6.07) is 9.24. The van der Waals surface area contributed by atoms with Gasteiger partial charge in [0.1, 0.15) is 11.5 Å². The number of hydrogen-bond acceptors (Lipinski definition) is 4. The smallest absolute Gasteiger partial charge is 0.272 e. The third-order valence-electron chi connectivity index (χ3n) is 4.81. The average Bonchev–Trinajstić information content (AvgIpc) is 3.26. The molecule has 29 heavy (non-hydrogen) atoms. The molecule has 0 spiro atoms. The second kappa shape index (κ2) is 8.00. The number of amides is 2. The highest BCUT2D eigenvalue weighted by Gasteiger charge is 2.26. The minimum Gasteiger partial charge on any atom is -0.335 e. The Morgan fingerprint density at radius 1 is 0.966 bits per heavy atom. The summed E-state index contributed by atoms with van der Waals surface area (Å²) in [5.74, 6) is -0.973. The van der Waals surface area contributed by atoms with E-state index in [1.165, 1.54) is 18.2 Å². The first-order valence-electron chi connectivity index (χ1n) is 9.02. The van der Waals surface area contributed by atoms with Crippen molar-refractivity contribution in [2.45, 2.75) is 0 Å². The van der Waals surface area contributed by atoms with Gasteiger partial charge in [-0.3, -0.25) is 19.7 Å². The Hall–Kier alpha value is -3.26. The number of H-pyrrole nitrogens is 1. The van der Waals surface area contributed by atoms with Gasteiger partial charge in [-0.1, -0.05) is 11.6 Å². The first-order valence-corrected chi connectivity index (χ1v) is 9.40. The number of benzene rings is 1.